The summed E-state index contributed by atoms with van der Waals surface area (Å²) in [6, 6.07) is 6.67. The number of nitrogens with one attached hydrogen (secondary N) is 2. The molecule has 1 aromatic rings. The monoisotopic (exact) mass is 405 g/mol. The van der Waals surface area contributed by atoms with Crippen molar-refractivity contribution in [3.8, 4) is 0 Å². The lowest BCUT2D eigenvalue weighted by atomic mass is 10.2. The summed E-state index contributed by atoms with van der Waals surface area (Å²) in [5, 5.41) is 14.6. The summed E-state index contributed by atoms with van der Waals surface area (Å²) in [6.45, 7) is 1.90. The quantitative estimate of drug-likeness (QED) is 0.551. The number of aliphatic hydroxyl groups is 1. The van der Waals surface area contributed by atoms with Crippen LogP contribution in [0.3, 0.4) is 0 Å². The Hall–Kier alpha value is -3.14. The number of carbonyl (C=O) groups is 4. The number of esters is 1. The summed E-state index contributed by atoms with van der Waals surface area (Å²) in [7, 11) is 0. The predicted molar refractivity (Wildman–Crippen MR) is 98.0 cm³/mol. The zero-order valence-electron chi connectivity index (χ0n) is 15.9. The van der Waals surface area contributed by atoms with Crippen molar-refractivity contribution in [2.24, 2.45) is 0 Å². The zero-order valence-corrected chi connectivity index (χ0v) is 15.9. The Morgan fingerprint density at radius 3 is 2.66 bits per heavy atom. The van der Waals surface area contributed by atoms with E-state index in [0.29, 0.717) is 6.42 Å². The fourth-order valence-electron chi connectivity index (χ4n) is 3.24. The molecule has 156 valence electrons. The molecular weight excluding hydrogens is 382 g/mol. The molecule has 0 aliphatic carbocycles. The Kier molecular flexibility index (Phi) is 6.32. The minimum absolute atomic E-state index is 0.0839. The smallest absolute Gasteiger partial charge is 0.408 e. The van der Waals surface area contributed by atoms with E-state index in [2.05, 4.69) is 15.4 Å². The molecule has 3 N–H and O–H groups in total. The molecule has 0 radical (unpaired) electrons. The molecule has 10 heteroatoms. The maximum Gasteiger partial charge on any atom is 0.408 e. The molecule has 0 spiro atoms. The lowest BCUT2D eigenvalue weighted by molar-refractivity contribution is -0.155. The average Bonchev–Trinajstić information content (AvgIpc) is 3.21. The van der Waals surface area contributed by atoms with Crippen molar-refractivity contribution in [1.82, 2.24) is 15.5 Å². The summed E-state index contributed by atoms with van der Waals surface area (Å²) in [4.78, 5) is 49.4. The van der Waals surface area contributed by atoms with E-state index < -0.39 is 48.3 Å². The number of rotatable bonds is 6. The van der Waals surface area contributed by atoms with Crippen LogP contribution in [0, 0.1) is 0 Å². The van der Waals surface area contributed by atoms with Crippen molar-refractivity contribution in [3.05, 3.63) is 35.9 Å². The average molecular weight is 405 g/mol. The van der Waals surface area contributed by atoms with Gasteiger partial charge in [0.05, 0.1) is 6.42 Å². The summed E-state index contributed by atoms with van der Waals surface area (Å²) in [6.07, 6.45) is -1.91. The van der Waals surface area contributed by atoms with E-state index in [4.69, 9.17) is 4.74 Å². The molecule has 10 nitrogen and oxygen atoms in total. The van der Waals surface area contributed by atoms with E-state index in [9.17, 15) is 24.3 Å². The third-order valence-electron chi connectivity index (χ3n) is 4.90. The SMILES string of the molecule is C[C@@H](C(=O)N[C@H]1CC(=O)OC1O)N1CC[C@H](NC(=O)OCc2ccccc2)C1=O. The molecule has 29 heavy (non-hydrogen) atoms. The number of nitrogens with zero attached hydrogens (tertiary/aromatic N) is 1. The van der Waals surface area contributed by atoms with Gasteiger partial charge in [0.15, 0.2) is 0 Å². The molecule has 3 rings (SSSR count). The molecule has 2 saturated heterocycles. The number of alkyl carbamates (subject to hydrolysis) is 1. The molecule has 0 aromatic heterocycles. The normalized spacial score (nSPS) is 24.8. The van der Waals surface area contributed by atoms with Gasteiger partial charge in [-0.15, -0.1) is 0 Å². The second-order valence-electron chi connectivity index (χ2n) is 6.95. The number of benzene rings is 1. The van der Waals surface area contributed by atoms with E-state index in [0.717, 1.165) is 5.56 Å². The molecule has 2 aliphatic heterocycles. The van der Waals surface area contributed by atoms with Crippen LogP contribution in [0.4, 0.5) is 4.79 Å². The second-order valence-corrected chi connectivity index (χ2v) is 6.95. The zero-order chi connectivity index (χ0) is 21.0. The fourth-order valence-corrected chi connectivity index (χ4v) is 3.24. The lowest BCUT2D eigenvalue weighted by Crippen LogP contribution is -2.52. The molecule has 4 atom stereocenters. The number of hydrogen-bond donors (Lipinski definition) is 3. The second kappa shape index (κ2) is 8.91. The highest BCUT2D eigenvalue weighted by Crippen LogP contribution is 2.17. The van der Waals surface area contributed by atoms with Gasteiger partial charge in [-0.1, -0.05) is 30.3 Å². The summed E-state index contributed by atoms with van der Waals surface area (Å²) < 4.78 is 9.70. The van der Waals surface area contributed by atoms with Gasteiger partial charge in [0.1, 0.15) is 24.7 Å². The van der Waals surface area contributed by atoms with E-state index in [1.807, 2.05) is 30.3 Å². The first-order valence-corrected chi connectivity index (χ1v) is 9.31. The standard InChI is InChI=1S/C19H23N3O7/c1-11(16(24)20-14-9-15(23)29-18(14)26)22-8-7-13(17(22)25)21-19(27)28-10-12-5-3-2-4-6-12/h2-6,11,13-14,18,26H,7-10H2,1H3,(H,20,24)(H,21,27)/t11-,13-,14-,18?/m0/s1. The molecule has 2 heterocycles. The number of ether oxygens (including phenoxy) is 2. The third-order valence-corrected chi connectivity index (χ3v) is 4.90. The van der Waals surface area contributed by atoms with Crippen molar-refractivity contribution in [1.29, 1.82) is 0 Å². The lowest BCUT2D eigenvalue weighted by Gasteiger charge is -2.25. The van der Waals surface area contributed by atoms with Gasteiger partial charge in [-0.25, -0.2) is 4.79 Å². The van der Waals surface area contributed by atoms with Crippen LogP contribution in [0.5, 0.6) is 0 Å². The number of likely N-dealkylation sites (tertiary alicyclic amines) is 1. The van der Waals surface area contributed by atoms with Crippen LogP contribution in [0.25, 0.3) is 0 Å². The van der Waals surface area contributed by atoms with Crippen molar-refractivity contribution < 1.29 is 33.8 Å². The Balaban J connectivity index is 1.47. The van der Waals surface area contributed by atoms with Crippen molar-refractivity contribution in [2.45, 2.75) is 50.8 Å². The first-order valence-electron chi connectivity index (χ1n) is 9.31. The van der Waals surface area contributed by atoms with Crippen molar-refractivity contribution >= 4 is 23.9 Å². The molecule has 2 aliphatic rings. The predicted octanol–water partition coefficient (Wildman–Crippen LogP) is -0.348. The molecular formula is C19H23N3O7. The van der Waals surface area contributed by atoms with Crippen LogP contribution < -0.4 is 10.6 Å². The highest BCUT2D eigenvalue weighted by Gasteiger charge is 2.40. The number of cyclic esters (lactones) is 1. The molecule has 2 fully saturated rings. The molecule has 0 saturated carbocycles. The van der Waals surface area contributed by atoms with Crippen LogP contribution >= 0.6 is 0 Å². The van der Waals surface area contributed by atoms with Crippen LogP contribution in [-0.2, 0) is 30.5 Å². The van der Waals surface area contributed by atoms with E-state index >= 15 is 0 Å². The minimum Gasteiger partial charge on any atom is -0.445 e. The van der Waals surface area contributed by atoms with Crippen LogP contribution in [0.2, 0.25) is 0 Å². The molecule has 1 unspecified atom stereocenters. The number of aliphatic hydroxyl groups excluding tert-OH is 1. The summed E-state index contributed by atoms with van der Waals surface area (Å²) in [5.74, 6) is -1.53. The maximum absolute atomic E-state index is 12.6. The van der Waals surface area contributed by atoms with Crippen LogP contribution in [0.1, 0.15) is 25.3 Å². The summed E-state index contributed by atoms with van der Waals surface area (Å²) >= 11 is 0. The summed E-state index contributed by atoms with van der Waals surface area (Å²) in [5.41, 5.74) is 0.823. The fraction of sp³-hybridized carbons (Fsp3) is 0.474. The Morgan fingerprint density at radius 2 is 2.00 bits per heavy atom. The highest BCUT2D eigenvalue weighted by atomic mass is 16.6. The number of carbonyl (C=O) groups excluding carboxylic acids is 4. The van der Waals surface area contributed by atoms with Gasteiger partial charge in [-0.2, -0.15) is 0 Å². The molecule has 3 amide bonds. The Labute approximate surface area is 167 Å². The Bertz CT molecular complexity index is 785. The van der Waals surface area contributed by atoms with E-state index in [-0.39, 0.29) is 19.6 Å². The number of amides is 3. The van der Waals surface area contributed by atoms with Crippen LogP contribution in [0.15, 0.2) is 30.3 Å². The van der Waals surface area contributed by atoms with Crippen molar-refractivity contribution in [2.75, 3.05) is 6.54 Å². The van der Waals surface area contributed by atoms with E-state index in [1.165, 1.54) is 11.8 Å². The highest BCUT2D eigenvalue weighted by molar-refractivity contribution is 5.92. The first-order chi connectivity index (χ1) is 13.8. The molecule has 0 bridgehead atoms. The topological polar surface area (TPSA) is 134 Å². The minimum atomic E-state index is -1.40. The van der Waals surface area contributed by atoms with E-state index in [1.54, 1.807) is 0 Å². The van der Waals surface area contributed by atoms with Gasteiger partial charge in [0, 0.05) is 6.54 Å². The van der Waals surface area contributed by atoms with Gasteiger partial charge >= 0.3 is 12.1 Å². The third kappa shape index (κ3) is 5.02. The van der Waals surface area contributed by atoms with Gasteiger partial charge < -0.3 is 30.1 Å². The largest absolute Gasteiger partial charge is 0.445 e. The van der Waals surface area contributed by atoms with Gasteiger partial charge in [0.25, 0.3) is 0 Å². The van der Waals surface area contributed by atoms with Gasteiger partial charge in [-0.3, -0.25) is 14.4 Å². The first kappa shape index (κ1) is 20.6. The van der Waals surface area contributed by atoms with Crippen molar-refractivity contribution in [3.63, 3.8) is 0 Å². The molecule has 1 aromatic carbocycles. The number of hydrogen-bond acceptors (Lipinski definition) is 7. The van der Waals surface area contributed by atoms with Gasteiger partial charge in [-0.05, 0) is 18.9 Å². The Morgan fingerprint density at radius 1 is 1.28 bits per heavy atom. The maximum atomic E-state index is 12.6. The van der Waals surface area contributed by atoms with Gasteiger partial charge in [0.2, 0.25) is 18.1 Å². The van der Waals surface area contributed by atoms with Crippen LogP contribution in [-0.4, -0.2) is 64.8 Å².